The smallest absolute Gasteiger partial charge is 0.303 e. The number of hydrogen-bond acceptors (Lipinski definition) is 2. The van der Waals surface area contributed by atoms with Crippen molar-refractivity contribution in [3.05, 3.63) is 53.4 Å². The average Bonchev–Trinajstić information content (AvgIpc) is 2.75. The third-order valence-electron chi connectivity index (χ3n) is 2.75. The molecule has 0 atom stereocenters. The number of rotatable bonds is 5. The lowest BCUT2D eigenvalue weighted by atomic mass is 10.0. The minimum absolute atomic E-state index is 0.0749. The zero-order chi connectivity index (χ0) is 13.8. The topological polar surface area (TPSA) is 55.1 Å². The summed E-state index contributed by atoms with van der Waals surface area (Å²) in [6, 6.07) is 4.49. The zero-order valence-corrected chi connectivity index (χ0v) is 10.0. The molecule has 19 heavy (non-hydrogen) atoms. The van der Waals surface area contributed by atoms with Crippen LogP contribution in [0.25, 0.3) is 0 Å². The van der Waals surface area contributed by atoms with E-state index in [9.17, 15) is 13.6 Å². The molecule has 0 aliphatic heterocycles. The Morgan fingerprint density at radius 1 is 1.37 bits per heavy atom. The predicted molar refractivity (Wildman–Crippen MR) is 63.6 cm³/mol. The molecule has 0 amide bonds. The Kier molecular flexibility index (Phi) is 3.89. The molecular formula is C13H12F2N2O2. The van der Waals surface area contributed by atoms with Crippen molar-refractivity contribution in [1.29, 1.82) is 0 Å². The highest BCUT2D eigenvalue weighted by Gasteiger charge is 2.11. The molecule has 1 aromatic heterocycles. The van der Waals surface area contributed by atoms with Crippen LogP contribution in [-0.4, -0.2) is 20.9 Å². The maximum atomic E-state index is 13.8. The largest absolute Gasteiger partial charge is 0.481 e. The van der Waals surface area contributed by atoms with Gasteiger partial charge in [0.1, 0.15) is 5.82 Å². The van der Waals surface area contributed by atoms with E-state index in [1.807, 2.05) is 0 Å². The number of aromatic nitrogens is 2. The third kappa shape index (κ3) is 3.37. The molecule has 2 aromatic rings. The summed E-state index contributed by atoms with van der Waals surface area (Å²) in [4.78, 5) is 10.6. The average molecular weight is 266 g/mol. The summed E-state index contributed by atoms with van der Waals surface area (Å²) >= 11 is 0. The predicted octanol–water partition coefficient (Wildman–Crippen LogP) is 2.23. The second-order valence-corrected chi connectivity index (χ2v) is 4.13. The van der Waals surface area contributed by atoms with Gasteiger partial charge in [-0.3, -0.25) is 9.48 Å². The molecule has 0 spiro atoms. The summed E-state index contributed by atoms with van der Waals surface area (Å²) in [5.74, 6) is -1.89. The van der Waals surface area contributed by atoms with Gasteiger partial charge in [0.2, 0.25) is 0 Å². The van der Waals surface area contributed by atoms with E-state index in [2.05, 4.69) is 5.10 Å². The molecule has 1 heterocycles. The van der Waals surface area contributed by atoms with Gasteiger partial charge in [0.25, 0.3) is 0 Å². The van der Waals surface area contributed by atoms with Crippen LogP contribution in [-0.2, 0) is 17.8 Å². The number of carbonyl (C=O) groups is 1. The fourth-order valence-electron chi connectivity index (χ4n) is 1.84. The summed E-state index contributed by atoms with van der Waals surface area (Å²) in [6.45, 7) is 0.0749. The van der Waals surface area contributed by atoms with E-state index in [1.165, 1.54) is 16.8 Å². The highest BCUT2D eigenvalue weighted by atomic mass is 19.1. The summed E-state index contributed by atoms with van der Waals surface area (Å²) in [6.07, 6.45) is 2.35. The Morgan fingerprint density at radius 2 is 2.16 bits per heavy atom. The van der Waals surface area contributed by atoms with Gasteiger partial charge in [0.15, 0.2) is 5.82 Å². The maximum absolute atomic E-state index is 13.8. The lowest BCUT2D eigenvalue weighted by Gasteiger charge is -2.10. The zero-order valence-electron chi connectivity index (χ0n) is 10.0. The van der Waals surface area contributed by atoms with Crippen LogP contribution in [0.15, 0.2) is 30.6 Å². The number of nitrogens with zero attached hydrogens (tertiary/aromatic N) is 2. The molecule has 0 fully saturated rings. The molecule has 1 aromatic carbocycles. The van der Waals surface area contributed by atoms with Crippen molar-refractivity contribution in [1.82, 2.24) is 9.78 Å². The maximum Gasteiger partial charge on any atom is 0.303 e. The molecule has 0 saturated carbocycles. The summed E-state index contributed by atoms with van der Waals surface area (Å²) in [5.41, 5.74) is 0.935. The lowest BCUT2D eigenvalue weighted by Crippen LogP contribution is -2.07. The van der Waals surface area contributed by atoms with E-state index in [-0.39, 0.29) is 19.4 Å². The van der Waals surface area contributed by atoms with Crippen molar-refractivity contribution in [2.24, 2.45) is 0 Å². The minimum Gasteiger partial charge on any atom is -0.481 e. The van der Waals surface area contributed by atoms with Crippen molar-refractivity contribution in [2.45, 2.75) is 19.4 Å². The van der Waals surface area contributed by atoms with Crippen LogP contribution in [0.1, 0.15) is 17.5 Å². The van der Waals surface area contributed by atoms with Crippen molar-refractivity contribution in [2.75, 3.05) is 0 Å². The molecule has 4 nitrogen and oxygen atoms in total. The Labute approximate surface area is 108 Å². The highest BCUT2D eigenvalue weighted by Crippen LogP contribution is 2.17. The molecule has 100 valence electrons. The number of halogens is 2. The molecule has 1 N–H and O–H groups in total. The molecule has 0 saturated heterocycles. The van der Waals surface area contributed by atoms with Crippen LogP contribution in [0.2, 0.25) is 0 Å². The molecule has 0 bridgehead atoms. The fourth-order valence-corrected chi connectivity index (χ4v) is 1.84. The van der Waals surface area contributed by atoms with Crippen molar-refractivity contribution in [3.63, 3.8) is 0 Å². The molecule has 0 unspecified atom stereocenters. The first-order chi connectivity index (χ1) is 9.06. The van der Waals surface area contributed by atoms with Crippen molar-refractivity contribution in [3.8, 4) is 0 Å². The van der Waals surface area contributed by atoms with Gasteiger partial charge in [0.05, 0.1) is 18.9 Å². The Bertz CT molecular complexity index is 596. The number of aliphatic carboxylic acids is 1. The van der Waals surface area contributed by atoms with Gasteiger partial charge in [-0.25, -0.2) is 8.78 Å². The molecular weight excluding hydrogens is 254 g/mol. The molecule has 2 rings (SSSR count). The lowest BCUT2D eigenvalue weighted by molar-refractivity contribution is -0.136. The number of aryl methyl sites for hydroxylation is 1. The number of carboxylic acid groups (broad SMARTS) is 1. The van der Waals surface area contributed by atoms with E-state index in [0.717, 1.165) is 12.4 Å². The SMILES string of the molecule is O=C(O)CCc1cccc(F)c1Cn1cc(F)cn1. The highest BCUT2D eigenvalue weighted by molar-refractivity contribution is 5.67. The number of benzene rings is 1. The Hall–Kier alpha value is -2.24. The van der Waals surface area contributed by atoms with Gasteiger partial charge in [-0.15, -0.1) is 0 Å². The van der Waals surface area contributed by atoms with Crippen LogP contribution >= 0.6 is 0 Å². The van der Waals surface area contributed by atoms with Crippen molar-refractivity contribution < 1.29 is 18.7 Å². The van der Waals surface area contributed by atoms with E-state index < -0.39 is 17.6 Å². The van der Waals surface area contributed by atoms with Gasteiger partial charge >= 0.3 is 5.97 Å². The van der Waals surface area contributed by atoms with Crippen LogP contribution in [0.4, 0.5) is 8.78 Å². The molecule has 0 radical (unpaired) electrons. The third-order valence-corrected chi connectivity index (χ3v) is 2.75. The minimum atomic E-state index is -0.944. The van der Waals surface area contributed by atoms with Crippen LogP contribution < -0.4 is 0 Å². The summed E-state index contributed by atoms with van der Waals surface area (Å²) in [7, 11) is 0. The van der Waals surface area contributed by atoms with E-state index in [1.54, 1.807) is 6.07 Å². The summed E-state index contributed by atoms with van der Waals surface area (Å²) < 4.78 is 27.9. The quantitative estimate of drug-likeness (QED) is 0.902. The number of carboxylic acids is 1. The van der Waals surface area contributed by atoms with Crippen LogP contribution in [0.5, 0.6) is 0 Å². The molecule has 0 aliphatic rings. The molecule has 6 heteroatoms. The standard InChI is InChI=1S/C13H12F2N2O2/c14-10-6-16-17(7-10)8-11-9(4-5-13(18)19)2-1-3-12(11)15/h1-3,6-7H,4-5,8H2,(H,18,19). The summed E-state index contributed by atoms with van der Waals surface area (Å²) in [5, 5.41) is 12.4. The van der Waals surface area contributed by atoms with E-state index in [4.69, 9.17) is 5.11 Å². The van der Waals surface area contributed by atoms with Gasteiger partial charge in [-0.2, -0.15) is 5.10 Å². The van der Waals surface area contributed by atoms with Crippen LogP contribution in [0.3, 0.4) is 0 Å². The Morgan fingerprint density at radius 3 is 2.79 bits per heavy atom. The first-order valence-electron chi connectivity index (χ1n) is 5.72. The number of hydrogen-bond donors (Lipinski definition) is 1. The van der Waals surface area contributed by atoms with Crippen molar-refractivity contribution >= 4 is 5.97 Å². The first-order valence-corrected chi connectivity index (χ1v) is 5.72. The monoisotopic (exact) mass is 266 g/mol. The van der Waals surface area contributed by atoms with Gasteiger partial charge in [0, 0.05) is 12.0 Å². The second-order valence-electron chi connectivity index (χ2n) is 4.13. The molecule has 0 aliphatic carbocycles. The van der Waals surface area contributed by atoms with Gasteiger partial charge < -0.3 is 5.11 Å². The van der Waals surface area contributed by atoms with Crippen LogP contribution in [0, 0.1) is 11.6 Å². The normalized spacial score (nSPS) is 10.6. The second kappa shape index (κ2) is 5.60. The van der Waals surface area contributed by atoms with Gasteiger partial charge in [-0.05, 0) is 18.1 Å². The van der Waals surface area contributed by atoms with E-state index >= 15 is 0 Å². The van der Waals surface area contributed by atoms with Gasteiger partial charge in [-0.1, -0.05) is 12.1 Å². The Balaban J connectivity index is 2.24. The fraction of sp³-hybridized carbons (Fsp3) is 0.231. The van der Waals surface area contributed by atoms with E-state index in [0.29, 0.717) is 11.1 Å². The first kappa shape index (κ1) is 13.2.